The number of ether oxygens (including phenoxy) is 1. The molecule has 1 aromatic carbocycles. The first-order chi connectivity index (χ1) is 8.34. The number of quaternary nitrogens is 1. The molecule has 2 heteroatoms. The third-order valence-corrected chi connectivity index (χ3v) is 3.54. The Labute approximate surface area is 104 Å². The Bertz CT molecular complexity index is 314. The Morgan fingerprint density at radius 3 is 2.59 bits per heavy atom. The summed E-state index contributed by atoms with van der Waals surface area (Å²) < 4.78 is 5.71. The van der Waals surface area contributed by atoms with Gasteiger partial charge >= 0.3 is 0 Å². The minimum absolute atomic E-state index is 0.840. The summed E-state index contributed by atoms with van der Waals surface area (Å²) in [5.74, 6) is 0.997. The predicted octanol–water partition coefficient (Wildman–Crippen LogP) is 2.27. The summed E-state index contributed by atoms with van der Waals surface area (Å²) in [5.41, 5.74) is 1.28. The zero-order valence-electron chi connectivity index (χ0n) is 10.8. The molecule has 0 saturated heterocycles. The van der Waals surface area contributed by atoms with Crippen LogP contribution in [0.1, 0.15) is 37.7 Å². The van der Waals surface area contributed by atoms with Crippen molar-refractivity contribution >= 4 is 0 Å². The molecule has 1 aliphatic rings. The number of hydrogen-bond acceptors (Lipinski definition) is 1. The fourth-order valence-corrected chi connectivity index (χ4v) is 2.45. The number of aryl methyl sites for hydroxylation is 1. The van der Waals surface area contributed by atoms with Crippen LogP contribution in [-0.4, -0.2) is 19.2 Å². The third kappa shape index (κ3) is 4.39. The largest absolute Gasteiger partial charge is 0.493 e. The SMILES string of the molecule is Cc1ccc(OCCC[NH2+]C2CCCC2)cc1. The van der Waals surface area contributed by atoms with Gasteiger partial charge in [0, 0.05) is 6.42 Å². The number of hydrogen-bond donors (Lipinski definition) is 1. The van der Waals surface area contributed by atoms with Crippen molar-refractivity contribution in [3.63, 3.8) is 0 Å². The molecule has 1 saturated carbocycles. The first-order valence-electron chi connectivity index (χ1n) is 6.87. The Morgan fingerprint density at radius 1 is 1.18 bits per heavy atom. The highest BCUT2D eigenvalue weighted by Gasteiger charge is 2.16. The summed E-state index contributed by atoms with van der Waals surface area (Å²) >= 11 is 0. The van der Waals surface area contributed by atoms with E-state index in [0.717, 1.165) is 24.8 Å². The fraction of sp³-hybridized carbons (Fsp3) is 0.600. The summed E-state index contributed by atoms with van der Waals surface area (Å²) in [5, 5.41) is 2.51. The van der Waals surface area contributed by atoms with Crippen molar-refractivity contribution in [2.45, 2.75) is 45.1 Å². The highest BCUT2D eigenvalue weighted by molar-refractivity contribution is 5.26. The lowest BCUT2D eigenvalue weighted by atomic mass is 10.2. The molecule has 0 spiro atoms. The van der Waals surface area contributed by atoms with Crippen molar-refractivity contribution in [1.82, 2.24) is 0 Å². The molecule has 0 radical (unpaired) electrons. The lowest BCUT2D eigenvalue weighted by Crippen LogP contribution is -2.89. The van der Waals surface area contributed by atoms with E-state index in [0.29, 0.717) is 0 Å². The Morgan fingerprint density at radius 2 is 1.88 bits per heavy atom. The van der Waals surface area contributed by atoms with E-state index in [1.807, 2.05) is 0 Å². The molecule has 1 aliphatic carbocycles. The topological polar surface area (TPSA) is 25.8 Å². The van der Waals surface area contributed by atoms with Crippen molar-refractivity contribution in [3.05, 3.63) is 29.8 Å². The monoisotopic (exact) mass is 234 g/mol. The summed E-state index contributed by atoms with van der Waals surface area (Å²) in [6.45, 7) is 4.14. The lowest BCUT2D eigenvalue weighted by molar-refractivity contribution is -0.688. The molecule has 0 atom stereocenters. The second-order valence-corrected chi connectivity index (χ2v) is 5.08. The molecular weight excluding hydrogens is 210 g/mol. The quantitative estimate of drug-likeness (QED) is 0.751. The lowest BCUT2D eigenvalue weighted by Gasteiger charge is -2.09. The van der Waals surface area contributed by atoms with Gasteiger partial charge in [0.2, 0.25) is 0 Å². The minimum atomic E-state index is 0.840. The maximum Gasteiger partial charge on any atom is 0.119 e. The van der Waals surface area contributed by atoms with E-state index < -0.39 is 0 Å². The molecule has 0 bridgehead atoms. The summed E-state index contributed by atoms with van der Waals surface area (Å²) in [7, 11) is 0. The smallest absolute Gasteiger partial charge is 0.119 e. The van der Waals surface area contributed by atoms with E-state index in [1.54, 1.807) is 0 Å². The Balaban J connectivity index is 1.55. The van der Waals surface area contributed by atoms with Gasteiger partial charge in [0.1, 0.15) is 5.75 Å². The van der Waals surface area contributed by atoms with E-state index in [-0.39, 0.29) is 0 Å². The van der Waals surface area contributed by atoms with Crippen LogP contribution in [-0.2, 0) is 0 Å². The van der Waals surface area contributed by atoms with Crippen LogP contribution in [0.3, 0.4) is 0 Å². The van der Waals surface area contributed by atoms with E-state index >= 15 is 0 Å². The maximum absolute atomic E-state index is 5.71. The zero-order valence-corrected chi connectivity index (χ0v) is 10.8. The van der Waals surface area contributed by atoms with Gasteiger partial charge in [0.25, 0.3) is 0 Å². The second kappa shape index (κ2) is 6.65. The molecule has 2 N–H and O–H groups in total. The molecule has 94 valence electrons. The molecule has 17 heavy (non-hydrogen) atoms. The number of benzene rings is 1. The minimum Gasteiger partial charge on any atom is -0.493 e. The van der Waals surface area contributed by atoms with Crippen LogP contribution in [0.15, 0.2) is 24.3 Å². The highest BCUT2D eigenvalue weighted by Crippen LogP contribution is 2.14. The van der Waals surface area contributed by atoms with Gasteiger partial charge in [-0.05, 0) is 44.7 Å². The molecule has 1 fully saturated rings. The van der Waals surface area contributed by atoms with Crippen LogP contribution in [0.4, 0.5) is 0 Å². The van der Waals surface area contributed by atoms with Crippen molar-refractivity contribution in [2.24, 2.45) is 0 Å². The maximum atomic E-state index is 5.71. The van der Waals surface area contributed by atoms with Gasteiger partial charge in [-0.3, -0.25) is 0 Å². The molecule has 1 aromatic rings. The van der Waals surface area contributed by atoms with Crippen LogP contribution in [0, 0.1) is 6.92 Å². The third-order valence-electron chi connectivity index (χ3n) is 3.54. The van der Waals surface area contributed by atoms with E-state index in [1.165, 1.54) is 37.8 Å². The molecule has 0 unspecified atom stereocenters. The fourth-order valence-electron chi connectivity index (χ4n) is 2.45. The van der Waals surface area contributed by atoms with Crippen molar-refractivity contribution in [3.8, 4) is 5.75 Å². The molecule has 0 aliphatic heterocycles. The van der Waals surface area contributed by atoms with E-state index in [9.17, 15) is 0 Å². The molecule has 0 heterocycles. The standard InChI is InChI=1S/C15H23NO/c1-13-7-9-15(10-8-13)17-12-4-11-16-14-5-2-3-6-14/h7-10,14,16H,2-6,11-12H2,1H3/p+1. The van der Waals surface area contributed by atoms with Gasteiger partial charge in [0.15, 0.2) is 0 Å². The van der Waals surface area contributed by atoms with Crippen molar-refractivity contribution < 1.29 is 10.1 Å². The molecule has 2 rings (SSSR count). The van der Waals surface area contributed by atoms with E-state index in [4.69, 9.17) is 4.74 Å². The molecule has 0 amide bonds. The number of rotatable bonds is 6. The zero-order chi connectivity index (χ0) is 11.9. The normalized spacial score (nSPS) is 16.3. The second-order valence-electron chi connectivity index (χ2n) is 5.08. The first kappa shape index (κ1) is 12.4. The van der Waals surface area contributed by atoms with Crippen LogP contribution < -0.4 is 10.1 Å². The molecule has 0 aromatic heterocycles. The molecular formula is C15H24NO+. The van der Waals surface area contributed by atoms with Crippen molar-refractivity contribution in [2.75, 3.05) is 13.2 Å². The summed E-state index contributed by atoms with van der Waals surface area (Å²) in [4.78, 5) is 0. The Hall–Kier alpha value is -1.02. The van der Waals surface area contributed by atoms with Crippen LogP contribution in [0.5, 0.6) is 5.75 Å². The van der Waals surface area contributed by atoms with Crippen LogP contribution >= 0.6 is 0 Å². The van der Waals surface area contributed by atoms with Gasteiger partial charge in [-0.1, -0.05) is 17.7 Å². The van der Waals surface area contributed by atoms with Gasteiger partial charge in [0.05, 0.1) is 19.2 Å². The predicted molar refractivity (Wildman–Crippen MR) is 70.3 cm³/mol. The molecule has 2 nitrogen and oxygen atoms in total. The van der Waals surface area contributed by atoms with Crippen LogP contribution in [0.2, 0.25) is 0 Å². The summed E-state index contributed by atoms with van der Waals surface area (Å²) in [6, 6.07) is 9.20. The highest BCUT2D eigenvalue weighted by atomic mass is 16.5. The van der Waals surface area contributed by atoms with Gasteiger partial charge < -0.3 is 10.1 Å². The number of nitrogens with two attached hydrogens (primary N) is 1. The van der Waals surface area contributed by atoms with Gasteiger partial charge in [-0.15, -0.1) is 0 Å². The van der Waals surface area contributed by atoms with Gasteiger partial charge in [-0.25, -0.2) is 0 Å². The van der Waals surface area contributed by atoms with Gasteiger partial charge in [-0.2, -0.15) is 0 Å². The summed E-state index contributed by atoms with van der Waals surface area (Å²) in [6.07, 6.45) is 6.84. The Kier molecular flexibility index (Phi) is 4.87. The van der Waals surface area contributed by atoms with Crippen molar-refractivity contribution in [1.29, 1.82) is 0 Å². The average molecular weight is 234 g/mol. The average Bonchev–Trinajstić information content (AvgIpc) is 2.84. The van der Waals surface area contributed by atoms with E-state index in [2.05, 4.69) is 36.5 Å². The first-order valence-corrected chi connectivity index (χ1v) is 6.87. The van der Waals surface area contributed by atoms with Crippen LogP contribution in [0.25, 0.3) is 0 Å².